The Kier molecular flexibility index (Phi) is 5.40. The molecule has 0 N–H and O–H groups in total. The maximum absolute atomic E-state index is 6.25. The number of hydrogen-bond donors (Lipinski definition) is 0. The summed E-state index contributed by atoms with van der Waals surface area (Å²) in [5.74, 6) is 0. The summed E-state index contributed by atoms with van der Waals surface area (Å²) in [6, 6.07) is 54.2. The number of anilines is 3. The number of hydrogen-bond acceptors (Lipinski definition) is 3. The summed E-state index contributed by atoms with van der Waals surface area (Å²) in [5.41, 5.74) is 7.49. The van der Waals surface area contributed by atoms with E-state index in [-0.39, 0.29) is 0 Å². The lowest BCUT2D eigenvalue weighted by atomic mass is 10.0. The standard InChI is InChI=1S/C40H25NOS/c1-2-9-29(10-3-1)41(31-20-23-34-33-12-6-7-13-37(33)42-38(34)25-31)30-18-14-26(15-19-30)28-17-21-35-36-22-16-27-8-4-5-11-32(27)40(36)43-39(35)24-28/h1-25H. The van der Waals surface area contributed by atoms with E-state index in [1.807, 2.05) is 23.5 Å². The maximum atomic E-state index is 6.25. The fourth-order valence-corrected chi connectivity index (χ4v) is 7.64. The van der Waals surface area contributed by atoms with Crippen LogP contribution >= 0.6 is 11.3 Å². The summed E-state index contributed by atoms with van der Waals surface area (Å²) in [6.45, 7) is 0. The average Bonchev–Trinajstić information content (AvgIpc) is 3.63. The molecule has 2 heterocycles. The van der Waals surface area contributed by atoms with Crippen LogP contribution in [0.3, 0.4) is 0 Å². The molecular weight excluding hydrogens is 543 g/mol. The first-order valence-corrected chi connectivity index (χ1v) is 15.3. The fourth-order valence-electron chi connectivity index (χ4n) is 6.36. The molecule has 0 unspecified atom stereocenters. The molecule has 7 aromatic carbocycles. The first kappa shape index (κ1) is 24.2. The zero-order chi connectivity index (χ0) is 28.3. The molecule has 0 amide bonds. The summed E-state index contributed by atoms with van der Waals surface area (Å²) in [7, 11) is 0. The normalized spacial score (nSPS) is 11.7. The molecular formula is C40H25NOS. The molecule has 0 spiro atoms. The summed E-state index contributed by atoms with van der Waals surface area (Å²) in [4.78, 5) is 2.29. The smallest absolute Gasteiger partial charge is 0.137 e. The van der Waals surface area contributed by atoms with Crippen molar-refractivity contribution < 1.29 is 4.42 Å². The number of furan rings is 1. The zero-order valence-corrected chi connectivity index (χ0v) is 24.0. The molecule has 0 aliphatic carbocycles. The van der Waals surface area contributed by atoms with Crippen LogP contribution in [0.25, 0.3) is 64.0 Å². The van der Waals surface area contributed by atoms with Crippen LogP contribution in [-0.2, 0) is 0 Å². The SMILES string of the molecule is c1ccc(N(c2ccc(-c3ccc4c(c3)sc3c5ccccc5ccc43)cc2)c2ccc3c(c2)oc2ccccc23)cc1. The van der Waals surface area contributed by atoms with Crippen LogP contribution in [0, 0.1) is 0 Å². The van der Waals surface area contributed by atoms with Crippen molar-refractivity contribution in [2.24, 2.45) is 0 Å². The van der Waals surface area contributed by atoms with Gasteiger partial charge in [0.2, 0.25) is 0 Å². The van der Waals surface area contributed by atoms with Crippen molar-refractivity contribution in [1.29, 1.82) is 0 Å². The molecule has 3 heteroatoms. The molecule has 0 radical (unpaired) electrons. The molecule has 0 fully saturated rings. The lowest BCUT2D eigenvalue weighted by Crippen LogP contribution is -2.09. The first-order chi connectivity index (χ1) is 21.3. The van der Waals surface area contributed by atoms with Crippen molar-refractivity contribution in [2.45, 2.75) is 0 Å². The van der Waals surface area contributed by atoms with Crippen molar-refractivity contribution in [3.8, 4) is 11.1 Å². The van der Waals surface area contributed by atoms with Gasteiger partial charge in [0.05, 0.1) is 0 Å². The van der Waals surface area contributed by atoms with Crippen molar-refractivity contribution in [3.63, 3.8) is 0 Å². The number of nitrogens with zero attached hydrogens (tertiary/aromatic N) is 1. The minimum atomic E-state index is 0.890. The van der Waals surface area contributed by atoms with Crippen LogP contribution in [0.4, 0.5) is 17.1 Å². The van der Waals surface area contributed by atoms with E-state index in [0.717, 1.165) is 39.0 Å². The minimum Gasteiger partial charge on any atom is -0.456 e. The van der Waals surface area contributed by atoms with Gasteiger partial charge in [-0.05, 0) is 70.4 Å². The molecule has 0 bridgehead atoms. The van der Waals surface area contributed by atoms with Gasteiger partial charge in [-0.2, -0.15) is 0 Å². The van der Waals surface area contributed by atoms with Crippen LogP contribution in [0.1, 0.15) is 0 Å². The van der Waals surface area contributed by atoms with Crippen LogP contribution in [0.15, 0.2) is 156 Å². The monoisotopic (exact) mass is 567 g/mol. The van der Waals surface area contributed by atoms with Crippen LogP contribution in [-0.4, -0.2) is 0 Å². The molecule has 2 aromatic heterocycles. The van der Waals surface area contributed by atoms with Gasteiger partial charge in [0, 0.05) is 54.1 Å². The Morgan fingerprint density at radius 1 is 0.419 bits per heavy atom. The predicted molar refractivity (Wildman–Crippen MR) is 184 cm³/mol. The van der Waals surface area contributed by atoms with Crippen LogP contribution < -0.4 is 4.90 Å². The van der Waals surface area contributed by atoms with Crippen molar-refractivity contribution >= 4 is 81.3 Å². The van der Waals surface area contributed by atoms with E-state index in [0.29, 0.717) is 0 Å². The topological polar surface area (TPSA) is 16.4 Å². The van der Waals surface area contributed by atoms with Gasteiger partial charge < -0.3 is 9.32 Å². The number of thiophene rings is 1. The van der Waals surface area contributed by atoms with E-state index < -0.39 is 0 Å². The highest BCUT2D eigenvalue weighted by Crippen LogP contribution is 2.41. The second-order valence-electron chi connectivity index (χ2n) is 11.0. The third-order valence-electron chi connectivity index (χ3n) is 8.46. The maximum Gasteiger partial charge on any atom is 0.137 e. The van der Waals surface area contributed by atoms with Crippen molar-refractivity contribution in [3.05, 3.63) is 152 Å². The molecule has 0 saturated heterocycles. The average molecular weight is 568 g/mol. The Morgan fingerprint density at radius 3 is 1.95 bits per heavy atom. The fraction of sp³-hybridized carbons (Fsp3) is 0. The molecule has 202 valence electrons. The highest BCUT2D eigenvalue weighted by Gasteiger charge is 2.16. The highest BCUT2D eigenvalue weighted by atomic mass is 32.1. The van der Waals surface area contributed by atoms with Crippen molar-refractivity contribution in [2.75, 3.05) is 4.90 Å². The Hall–Kier alpha value is -5.38. The van der Waals surface area contributed by atoms with E-state index in [1.165, 1.54) is 42.1 Å². The van der Waals surface area contributed by atoms with Gasteiger partial charge in [-0.15, -0.1) is 11.3 Å². The molecule has 9 aromatic rings. The van der Waals surface area contributed by atoms with Crippen molar-refractivity contribution in [1.82, 2.24) is 0 Å². The molecule has 2 nitrogen and oxygen atoms in total. The lowest BCUT2D eigenvalue weighted by molar-refractivity contribution is 0.669. The number of fused-ring (bicyclic) bond motifs is 8. The second kappa shape index (κ2) is 9.59. The number of benzene rings is 7. The molecule has 0 atom stereocenters. The molecule has 9 rings (SSSR count). The lowest BCUT2D eigenvalue weighted by Gasteiger charge is -2.25. The Morgan fingerprint density at radius 2 is 1.07 bits per heavy atom. The van der Waals surface area contributed by atoms with E-state index in [2.05, 4.69) is 144 Å². The summed E-state index contributed by atoms with van der Waals surface area (Å²) >= 11 is 1.89. The molecule has 43 heavy (non-hydrogen) atoms. The van der Waals surface area contributed by atoms with Gasteiger partial charge in [0.1, 0.15) is 11.2 Å². The quantitative estimate of drug-likeness (QED) is 0.210. The largest absolute Gasteiger partial charge is 0.456 e. The van der Waals surface area contributed by atoms with E-state index in [1.54, 1.807) is 0 Å². The van der Waals surface area contributed by atoms with E-state index >= 15 is 0 Å². The van der Waals surface area contributed by atoms with Crippen LogP contribution in [0.5, 0.6) is 0 Å². The summed E-state index contributed by atoms with van der Waals surface area (Å²) in [5, 5.41) is 7.55. The van der Waals surface area contributed by atoms with Gasteiger partial charge in [-0.3, -0.25) is 0 Å². The predicted octanol–water partition coefficient (Wildman–Crippen LogP) is 12.2. The van der Waals surface area contributed by atoms with Gasteiger partial charge in [-0.1, -0.05) is 97.1 Å². The molecule has 0 saturated carbocycles. The summed E-state index contributed by atoms with van der Waals surface area (Å²) in [6.07, 6.45) is 0. The molecule has 0 aliphatic rings. The third kappa shape index (κ3) is 3.93. The van der Waals surface area contributed by atoms with Gasteiger partial charge in [0.15, 0.2) is 0 Å². The number of rotatable bonds is 4. The Labute approximate surface area is 252 Å². The molecule has 0 aliphatic heterocycles. The zero-order valence-electron chi connectivity index (χ0n) is 23.2. The number of para-hydroxylation sites is 2. The van der Waals surface area contributed by atoms with E-state index in [4.69, 9.17) is 4.42 Å². The van der Waals surface area contributed by atoms with Crippen LogP contribution in [0.2, 0.25) is 0 Å². The highest BCUT2D eigenvalue weighted by molar-refractivity contribution is 7.26. The van der Waals surface area contributed by atoms with Gasteiger partial charge in [-0.25, -0.2) is 0 Å². The Balaban J connectivity index is 1.12. The second-order valence-corrected chi connectivity index (χ2v) is 12.0. The first-order valence-electron chi connectivity index (χ1n) is 14.5. The summed E-state index contributed by atoms with van der Waals surface area (Å²) < 4.78 is 8.93. The third-order valence-corrected chi connectivity index (χ3v) is 9.66. The van der Waals surface area contributed by atoms with Gasteiger partial charge in [0.25, 0.3) is 0 Å². The Bertz CT molecular complexity index is 2450. The van der Waals surface area contributed by atoms with E-state index in [9.17, 15) is 0 Å². The minimum absolute atomic E-state index is 0.890. The van der Waals surface area contributed by atoms with Gasteiger partial charge >= 0.3 is 0 Å².